The molecule has 1 aliphatic heterocycles. The molecule has 104 valence electrons. The predicted molar refractivity (Wildman–Crippen MR) is 76.1 cm³/mol. The number of hydrogen-bond donors (Lipinski definition) is 1. The smallest absolute Gasteiger partial charge is 0.322 e. The number of rotatable bonds is 3. The van der Waals surface area contributed by atoms with Crippen LogP contribution in [0.15, 0.2) is 24.3 Å². The fourth-order valence-electron chi connectivity index (χ4n) is 2.41. The van der Waals surface area contributed by atoms with Crippen molar-refractivity contribution in [3.05, 3.63) is 24.3 Å². The normalized spacial score (nSPS) is 18.1. The fourth-order valence-corrected chi connectivity index (χ4v) is 2.41. The van der Waals surface area contributed by atoms with Gasteiger partial charge in [0, 0.05) is 37.6 Å². The highest BCUT2D eigenvalue weighted by molar-refractivity contribution is 5.75. The summed E-state index contributed by atoms with van der Waals surface area (Å²) in [7, 11) is 1.43. The van der Waals surface area contributed by atoms with Gasteiger partial charge >= 0.3 is 5.97 Å². The van der Waals surface area contributed by atoms with Crippen LogP contribution in [0.2, 0.25) is 0 Å². The number of nitrogen functional groups attached to an aromatic ring is 1. The molecule has 1 fully saturated rings. The largest absolute Gasteiger partial charge is 0.468 e. The third-order valence-electron chi connectivity index (χ3n) is 3.64. The number of carbonyl (C=O) groups excluding carboxylic acids is 1. The van der Waals surface area contributed by atoms with E-state index in [4.69, 9.17) is 10.5 Å². The Bertz CT molecular complexity index is 442. The Kier molecular flexibility index (Phi) is 4.27. The van der Waals surface area contributed by atoms with Gasteiger partial charge in [-0.25, -0.2) is 0 Å². The van der Waals surface area contributed by atoms with Gasteiger partial charge in [-0.2, -0.15) is 0 Å². The molecule has 2 rings (SSSR count). The van der Waals surface area contributed by atoms with Crippen molar-refractivity contribution in [3.8, 4) is 0 Å². The summed E-state index contributed by atoms with van der Waals surface area (Å²) in [4.78, 5) is 15.9. The van der Waals surface area contributed by atoms with Gasteiger partial charge in [0.2, 0.25) is 0 Å². The van der Waals surface area contributed by atoms with Crippen LogP contribution in [0.4, 0.5) is 11.4 Å². The highest BCUT2D eigenvalue weighted by atomic mass is 16.5. The second-order valence-corrected chi connectivity index (χ2v) is 4.82. The van der Waals surface area contributed by atoms with Crippen LogP contribution in [0.5, 0.6) is 0 Å². The maximum atomic E-state index is 11.5. The van der Waals surface area contributed by atoms with Crippen LogP contribution in [0.25, 0.3) is 0 Å². The van der Waals surface area contributed by atoms with Crippen LogP contribution in [0.3, 0.4) is 0 Å². The van der Waals surface area contributed by atoms with Gasteiger partial charge in [0.15, 0.2) is 0 Å². The molecular weight excluding hydrogens is 242 g/mol. The van der Waals surface area contributed by atoms with Crippen LogP contribution in [0, 0.1) is 0 Å². The monoisotopic (exact) mass is 263 g/mol. The summed E-state index contributed by atoms with van der Waals surface area (Å²) in [5.41, 5.74) is 7.72. The van der Waals surface area contributed by atoms with Crippen LogP contribution >= 0.6 is 0 Å². The van der Waals surface area contributed by atoms with E-state index < -0.39 is 0 Å². The molecular formula is C14H21N3O2. The minimum Gasteiger partial charge on any atom is -0.468 e. The average molecular weight is 263 g/mol. The van der Waals surface area contributed by atoms with E-state index in [2.05, 4.69) is 15.9 Å². The predicted octanol–water partition coefficient (Wildman–Crippen LogP) is 0.952. The van der Waals surface area contributed by atoms with Crippen LogP contribution in [0.1, 0.15) is 6.92 Å². The van der Waals surface area contributed by atoms with Crippen LogP contribution in [-0.4, -0.2) is 50.2 Å². The van der Waals surface area contributed by atoms with E-state index in [9.17, 15) is 4.79 Å². The number of ether oxygens (including phenoxy) is 1. The molecule has 0 spiro atoms. The maximum absolute atomic E-state index is 11.5. The van der Waals surface area contributed by atoms with Gasteiger partial charge in [-0.05, 0) is 25.1 Å². The van der Waals surface area contributed by atoms with Gasteiger partial charge in [0.25, 0.3) is 0 Å². The lowest BCUT2D eigenvalue weighted by atomic mass is 10.2. The first-order chi connectivity index (χ1) is 9.11. The molecule has 1 unspecified atom stereocenters. The van der Waals surface area contributed by atoms with E-state index >= 15 is 0 Å². The van der Waals surface area contributed by atoms with Crippen molar-refractivity contribution in [2.45, 2.75) is 13.0 Å². The van der Waals surface area contributed by atoms with Crippen LogP contribution < -0.4 is 10.6 Å². The zero-order valence-electron chi connectivity index (χ0n) is 11.5. The first-order valence-corrected chi connectivity index (χ1v) is 6.54. The molecule has 2 N–H and O–H groups in total. The Labute approximate surface area is 113 Å². The first-order valence-electron chi connectivity index (χ1n) is 6.54. The highest BCUT2D eigenvalue weighted by Gasteiger charge is 2.26. The van der Waals surface area contributed by atoms with E-state index in [-0.39, 0.29) is 12.0 Å². The van der Waals surface area contributed by atoms with Gasteiger partial charge in [0.05, 0.1) is 7.11 Å². The van der Waals surface area contributed by atoms with Crippen molar-refractivity contribution in [3.63, 3.8) is 0 Å². The van der Waals surface area contributed by atoms with E-state index in [1.165, 1.54) is 7.11 Å². The number of piperazine rings is 1. The number of anilines is 2. The molecule has 1 aliphatic rings. The number of benzene rings is 1. The highest BCUT2D eigenvalue weighted by Crippen LogP contribution is 2.19. The Morgan fingerprint density at radius 1 is 1.32 bits per heavy atom. The molecule has 1 heterocycles. The number of carbonyl (C=O) groups is 1. The average Bonchev–Trinajstić information content (AvgIpc) is 2.46. The van der Waals surface area contributed by atoms with Crippen molar-refractivity contribution < 1.29 is 9.53 Å². The SMILES string of the molecule is COC(=O)C(C)N1CCN(c2cccc(N)c2)CC1. The summed E-state index contributed by atoms with van der Waals surface area (Å²) in [5.74, 6) is -0.169. The minimum atomic E-state index is -0.173. The number of nitrogens with zero attached hydrogens (tertiary/aromatic N) is 2. The molecule has 1 aromatic carbocycles. The van der Waals surface area contributed by atoms with Gasteiger partial charge in [-0.3, -0.25) is 9.69 Å². The van der Waals surface area contributed by atoms with E-state index in [0.29, 0.717) is 0 Å². The topological polar surface area (TPSA) is 58.8 Å². The summed E-state index contributed by atoms with van der Waals surface area (Å²) < 4.78 is 4.78. The summed E-state index contributed by atoms with van der Waals surface area (Å²) in [6, 6.07) is 7.73. The zero-order chi connectivity index (χ0) is 13.8. The number of methoxy groups -OCH3 is 1. The van der Waals surface area contributed by atoms with E-state index in [0.717, 1.165) is 37.6 Å². The quantitative estimate of drug-likeness (QED) is 0.650. The lowest BCUT2D eigenvalue weighted by molar-refractivity contribution is -0.146. The van der Waals surface area contributed by atoms with Crippen molar-refractivity contribution >= 4 is 17.3 Å². The summed E-state index contributed by atoms with van der Waals surface area (Å²) in [6.07, 6.45) is 0. The molecule has 1 saturated heterocycles. The van der Waals surface area contributed by atoms with Crippen molar-refractivity contribution in [1.29, 1.82) is 0 Å². The third kappa shape index (κ3) is 3.17. The molecule has 0 aliphatic carbocycles. The Morgan fingerprint density at radius 3 is 2.58 bits per heavy atom. The Balaban J connectivity index is 1.94. The van der Waals surface area contributed by atoms with Gasteiger partial charge < -0.3 is 15.4 Å². The van der Waals surface area contributed by atoms with Crippen molar-refractivity contribution in [2.24, 2.45) is 0 Å². The van der Waals surface area contributed by atoms with Gasteiger partial charge in [-0.1, -0.05) is 6.07 Å². The molecule has 0 bridgehead atoms. The number of hydrogen-bond acceptors (Lipinski definition) is 5. The van der Waals surface area contributed by atoms with Crippen molar-refractivity contribution in [2.75, 3.05) is 43.9 Å². The van der Waals surface area contributed by atoms with Crippen LogP contribution in [-0.2, 0) is 9.53 Å². The first kappa shape index (κ1) is 13.7. The lowest BCUT2D eigenvalue weighted by Gasteiger charge is -2.38. The second kappa shape index (κ2) is 5.93. The molecule has 19 heavy (non-hydrogen) atoms. The standard InChI is InChI=1S/C14H21N3O2/c1-11(14(18)19-2)16-6-8-17(9-7-16)13-5-3-4-12(15)10-13/h3-5,10-11H,6-9,15H2,1-2H3. The number of nitrogens with two attached hydrogens (primary N) is 1. The summed E-state index contributed by atoms with van der Waals surface area (Å²) in [6.45, 7) is 5.38. The molecule has 5 nitrogen and oxygen atoms in total. The lowest BCUT2D eigenvalue weighted by Crippen LogP contribution is -2.52. The minimum absolute atomic E-state index is 0.169. The molecule has 0 aromatic heterocycles. The Morgan fingerprint density at radius 2 is 2.00 bits per heavy atom. The van der Waals surface area contributed by atoms with Gasteiger partial charge in [0.1, 0.15) is 6.04 Å². The summed E-state index contributed by atoms with van der Waals surface area (Å²) >= 11 is 0. The molecule has 1 atom stereocenters. The van der Waals surface area contributed by atoms with E-state index in [1.54, 1.807) is 0 Å². The summed E-state index contributed by atoms with van der Waals surface area (Å²) in [5, 5.41) is 0. The van der Waals surface area contributed by atoms with Gasteiger partial charge in [-0.15, -0.1) is 0 Å². The fraction of sp³-hybridized carbons (Fsp3) is 0.500. The van der Waals surface area contributed by atoms with E-state index in [1.807, 2.05) is 25.1 Å². The molecule has 5 heteroatoms. The molecule has 0 amide bonds. The maximum Gasteiger partial charge on any atom is 0.322 e. The zero-order valence-corrected chi connectivity index (χ0v) is 11.5. The third-order valence-corrected chi connectivity index (χ3v) is 3.64. The molecule has 1 aromatic rings. The van der Waals surface area contributed by atoms with Crippen molar-refractivity contribution in [1.82, 2.24) is 4.90 Å². The Hall–Kier alpha value is -1.75. The number of esters is 1. The molecule has 0 saturated carbocycles. The second-order valence-electron chi connectivity index (χ2n) is 4.82. The molecule has 0 radical (unpaired) electrons.